The Kier molecular flexibility index (Phi) is 5.86. The Balaban J connectivity index is 2.25. The number of esters is 1. The van der Waals surface area contributed by atoms with Crippen LogP contribution in [0.15, 0.2) is 36.4 Å². The Bertz CT molecular complexity index is 660. The Morgan fingerprint density at radius 3 is 2.62 bits per heavy atom. The third-order valence-electron chi connectivity index (χ3n) is 4.54. The molecule has 142 valence electrons. The molecule has 8 nitrogen and oxygen atoms in total. The van der Waals surface area contributed by atoms with E-state index >= 15 is 0 Å². The van der Waals surface area contributed by atoms with Crippen LogP contribution in [0.5, 0.6) is 0 Å². The molecule has 0 aromatic heterocycles. The Labute approximate surface area is 153 Å². The molecule has 26 heavy (non-hydrogen) atoms. The maximum Gasteiger partial charge on any atom is 0.328 e. The third kappa shape index (κ3) is 3.50. The van der Waals surface area contributed by atoms with E-state index in [2.05, 4.69) is 13.2 Å². The van der Waals surface area contributed by atoms with Crippen LogP contribution in [-0.2, 0) is 23.9 Å². The standard InChI is InChI=1S/C18H25N3O5/c1-11(20(15(5)22)13(3)18(24)25-6)9-12(2)21-14(4)19-7-8-26-10-16(19)17(21)23/h9,13,16H,2,4,7-8,10H2,1,3,5-6H3/b11-9+. The number of carbonyl (C=O) groups excluding carboxylic acids is 3. The van der Waals surface area contributed by atoms with Gasteiger partial charge >= 0.3 is 5.97 Å². The molecule has 0 aliphatic carbocycles. The van der Waals surface area contributed by atoms with Gasteiger partial charge in [0.15, 0.2) is 0 Å². The highest BCUT2D eigenvalue weighted by atomic mass is 16.5. The lowest BCUT2D eigenvalue weighted by molar-refractivity contribution is -0.149. The topological polar surface area (TPSA) is 79.4 Å². The van der Waals surface area contributed by atoms with E-state index in [1.807, 2.05) is 4.90 Å². The van der Waals surface area contributed by atoms with Crippen molar-refractivity contribution < 1.29 is 23.9 Å². The van der Waals surface area contributed by atoms with Gasteiger partial charge in [-0.05, 0) is 19.9 Å². The average molecular weight is 363 g/mol. The van der Waals surface area contributed by atoms with Gasteiger partial charge in [0.05, 0.1) is 20.3 Å². The molecule has 8 heteroatoms. The summed E-state index contributed by atoms with van der Waals surface area (Å²) in [6.45, 7) is 14.0. The number of hydrogen-bond acceptors (Lipinski definition) is 6. The highest BCUT2D eigenvalue weighted by Crippen LogP contribution is 2.30. The van der Waals surface area contributed by atoms with Crippen molar-refractivity contribution in [3.63, 3.8) is 0 Å². The van der Waals surface area contributed by atoms with Crippen molar-refractivity contribution in [3.05, 3.63) is 36.4 Å². The van der Waals surface area contributed by atoms with Crippen molar-refractivity contribution in [2.24, 2.45) is 0 Å². The fourth-order valence-corrected chi connectivity index (χ4v) is 3.31. The van der Waals surface area contributed by atoms with Crippen molar-refractivity contribution in [2.75, 3.05) is 26.9 Å². The Morgan fingerprint density at radius 1 is 1.42 bits per heavy atom. The molecule has 2 unspecified atom stereocenters. The second-order valence-electron chi connectivity index (χ2n) is 6.24. The Hall–Kier alpha value is -2.61. The first-order valence-electron chi connectivity index (χ1n) is 8.32. The summed E-state index contributed by atoms with van der Waals surface area (Å²) in [5.74, 6) is -0.483. The smallest absolute Gasteiger partial charge is 0.328 e. The zero-order chi connectivity index (χ0) is 19.6. The van der Waals surface area contributed by atoms with E-state index in [9.17, 15) is 14.4 Å². The fourth-order valence-electron chi connectivity index (χ4n) is 3.31. The van der Waals surface area contributed by atoms with Gasteiger partial charge in [0, 0.05) is 24.9 Å². The lowest BCUT2D eigenvalue weighted by Crippen LogP contribution is -2.43. The number of morpholine rings is 1. The summed E-state index contributed by atoms with van der Waals surface area (Å²) < 4.78 is 10.1. The zero-order valence-electron chi connectivity index (χ0n) is 15.7. The van der Waals surface area contributed by atoms with Crippen LogP contribution < -0.4 is 0 Å². The van der Waals surface area contributed by atoms with E-state index in [0.717, 1.165) is 0 Å². The molecule has 0 N–H and O–H groups in total. The molecule has 2 rings (SSSR count). The van der Waals surface area contributed by atoms with E-state index < -0.39 is 18.1 Å². The van der Waals surface area contributed by atoms with Crippen molar-refractivity contribution in [1.29, 1.82) is 0 Å². The minimum absolute atomic E-state index is 0.167. The van der Waals surface area contributed by atoms with Crippen molar-refractivity contribution in [3.8, 4) is 0 Å². The average Bonchev–Trinajstić information content (AvgIpc) is 2.85. The number of fused-ring (bicyclic) bond motifs is 1. The highest BCUT2D eigenvalue weighted by molar-refractivity contribution is 5.89. The highest BCUT2D eigenvalue weighted by Gasteiger charge is 2.43. The molecule has 2 heterocycles. The van der Waals surface area contributed by atoms with Gasteiger partial charge in [0.1, 0.15) is 17.9 Å². The van der Waals surface area contributed by atoms with Crippen LogP contribution >= 0.6 is 0 Å². The molecular weight excluding hydrogens is 338 g/mol. The van der Waals surface area contributed by atoms with Gasteiger partial charge in [-0.25, -0.2) is 4.79 Å². The quantitative estimate of drug-likeness (QED) is 0.532. The predicted octanol–water partition coefficient (Wildman–Crippen LogP) is 0.828. The molecule has 0 aromatic carbocycles. The number of nitrogens with zero attached hydrogens (tertiary/aromatic N) is 3. The first kappa shape index (κ1) is 19.7. The molecule has 2 aliphatic rings. The van der Waals surface area contributed by atoms with E-state index in [1.165, 1.54) is 23.8 Å². The minimum atomic E-state index is -0.793. The summed E-state index contributed by atoms with van der Waals surface area (Å²) >= 11 is 0. The molecular formula is C18H25N3O5. The largest absolute Gasteiger partial charge is 0.467 e. The van der Waals surface area contributed by atoms with Crippen molar-refractivity contribution in [1.82, 2.24) is 14.7 Å². The Morgan fingerprint density at radius 2 is 2.08 bits per heavy atom. The number of methoxy groups -OCH3 is 1. The maximum absolute atomic E-state index is 12.7. The van der Waals surface area contributed by atoms with Gasteiger partial charge < -0.3 is 19.3 Å². The molecule has 2 saturated heterocycles. The summed E-state index contributed by atoms with van der Waals surface area (Å²) in [6, 6.07) is -1.20. The van der Waals surface area contributed by atoms with E-state index in [-0.39, 0.29) is 11.8 Å². The van der Waals surface area contributed by atoms with Crippen LogP contribution in [0, 0.1) is 0 Å². The first-order valence-corrected chi connectivity index (χ1v) is 8.32. The monoisotopic (exact) mass is 363 g/mol. The van der Waals surface area contributed by atoms with Crippen LogP contribution in [-0.4, -0.2) is 71.4 Å². The van der Waals surface area contributed by atoms with Crippen LogP contribution in [0.3, 0.4) is 0 Å². The van der Waals surface area contributed by atoms with Crippen LogP contribution in [0.2, 0.25) is 0 Å². The lowest BCUT2D eigenvalue weighted by atomic mass is 10.2. The van der Waals surface area contributed by atoms with Gasteiger partial charge in [0.2, 0.25) is 5.91 Å². The number of rotatable bonds is 5. The SMILES string of the molecule is C=C(/C=C(\C)N(C(C)=O)C(C)C(=O)OC)N1C(=C)N2CCOCC2C1=O. The third-order valence-corrected chi connectivity index (χ3v) is 4.54. The molecule has 0 bridgehead atoms. The van der Waals surface area contributed by atoms with Gasteiger partial charge in [0.25, 0.3) is 5.91 Å². The molecule has 0 aromatic rings. The molecule has 2 atom stereocenters. The van der Waals surface area contributed by atoms with E-state index in [1.54, 1.807) is 19.9 Å². The molecule has 2 amide bonds. The second-order valence-corrected chi connectivity index (χ2v) is 6.24. The fraction of sp³-hybridized carbons (Fsp3) is 0.500. The molecule has 2 fully saturated rings. The minimum Gasteiger partial charge on any atom is -0.467 e. The molecule has 0 saturated carbocycles. The molecule has 2 aliphatic heterocycles. The first-order chi connectivity index (χ1) is 12.2. The maximum atomic E-state index is 12.7. The van der Waals surface area contributed by atoms with Crippen LogP contribution in [0.4, 0.5) is 0 Å². The normalized spacial score (nSPS) is 21.4. The summed E-state index contributed by atoms with van der Waals surface area (Å²) in [4.78, 5) is 41.1. The van der Waals surface area contributed by atoms with Gasteiger partial charge in [-0.1, -0.05) is 13.2 Å². The predicted molar refractivity (Wildman–Crippen MR) is 94.2 cm³/mol. The number of amides is 2. The number of allylic oxidation sites excluding steroid dienone is 2. The van der Waals surface area contributed by atoms with Gasteiger partial charge in [-0.3, -0.25) is 14.5 Å². The van der Waals surface area contributed by atoms with Gasteiger partial charge in [-0.15, -0.1) is 0 Å². The van der Waals surface area contributed by atoms with E-state index in [0.29, 0.717) is 37.0 Å². The van der Waals surface area contributed by atoms with Crippen molar-refractivity contribution in [2.45, 2.75) is 32.9 Å². The van der Waals surface area contributed by atoms with Crippen LogP contribution in [0.25, 0.3) is 0 Å². The number of hydrogen-bond donors (Lipinski definition) is 0. The van der Waals surface area contributed by atoms with Crippen LogP contribution in [0.1, 0.15) is 20.8 Å². The van der Waals surface area contributed by atoms with Gasteiger partial charge in [-0.2, -0.15) is 0 Å². The number of carbonyl (C=O) groups is 3. The van der Waals surface area contributed by atoms with E-state index in [4.69, 9.17) is 9.47 Å². The zero-order valence-corrected chi connectivity index (χ0v) is 15.7. The second kappa shape index (κ2) is 7.74. The number of ether oxygens (including phenoxy) is 2. The molecule has 0 spiro atoms. The van der Waals surface area contributed by atoms with Crippen molar-refractivity contribution >= 4 is 17.8 Å². The lowest BCUT2D eigenvalue weighted by Gasteiger charge is -2.29. The summed E-state index contributed by atoms with van der Waals surface area (Å²) in [5.41, 5.74) is 0.845. The summed E-state index contributed by atoms with van der Waals surface area (Å²) in [5, 5.41) is 0. The summed E-state index contributed by atoms with van der Waals surface area (Å²) in [7, 11) is 1.26. The molecule has 0 radical (unpaired) electrons. The summed E-state index contributed by atoms with van der Waals surface area (Å²) in [6.07, 6.45) is 1.59.